The molecule has 0 radical (unpaired) electrons. The lowest BCUT2D eigenvalue weighted by Crippen LogP contribution is -2.41. The number of amides is 2. The fourth-order valence-corrected chi connectivity index (χ4v) is 5.64. The standard InChI is InChI=1S/C15H26N2O2S2/c1-11(2)17(12(3)4)14(18)16-21(19,15(5,6)7)13-9-8-10-20-13/h8-12H,1-7H3/t21-/m0/s1. The van der Waals surface area contributed by atoms with E-state index in [9.17, 15) is 9.00 Å². The lowest BCUT2D eigenvalue weighted by atomic mass is 10.2. The summed E-state index contributed by atoms with van der Waals surface area (Å²) in [6, 6.07) is 3.28. The lowest BCUT2D eigenvalue weighted by molar-refractivity contribution is 0.175. The van der Waals surface area contributed by atoms with Crippen LogP contribution in [0, 0.1) is 0 Å². The van der Waals surface area contributed by atoms with Gasteiger partial charge in [0, 0.05) is 12.1 Å². The van der Waals surface area contributed by atoms with Crippen LogP contribution in [0.4, 0.5) is 4.79 Å². The first-order valence-electron chi connectivity index (χ1n) is 7.13. The number of thiophene rings is 1. The van der Waals surface area contributed by atoms with Crippen LogP contribution in [-0.4, -0.2) is 32.0 Å². The molecule has 0 aliphatic heterocycles. The van der Waals surface area contributed by atoms with Gasteiger partial charge >= 0.3 is 6.03 Å². The predicted octanol–water partition coefficient (Wildman–Crippen LogP) is 4.61. The third-order valence-corrected chi connectivity index (χ3v) is 7.52. The molecular formula is C15H26N2O2S2. The van der Waals surface area contributed by atoms with Crippen molar-refractivity contribution in [3.63, 3.8) is 0 Å². The molecule has 0 aliphatic carbocycles. The fourth-order valence-electron chi connectivity index (χ4n) is 2.10. The van der Waals surface area contributed by atoms with Gasteiger partial charge < -0.3 is 4.90 Å². The summed E-state index contributed by atoms with van der Waals surface area (Å²) in [5.74, 6) is 0. The highest BCUT2D eigenvalue weighted by atomic mass is 32.2. The van der Waals surface area contributed by atoms with Gasteiger partial charge in [0.1, 0.15) is 4.21 Å². The molecule has 6 heteroatoms. The molecule has 1 heterocycles. The van der Waals surface area contributed by atoms with Crippen molar-refractivity contribution < 1.29 is 9.00 Å². The zero-order chi connectivity index (χ0) is 16.4. The smallest absolute Gasteiger partial charge is 0.318 e. The quantitative estimate of drug-likeness (QED) is 0.812. The van der Waals surface area contributed by atoms with E-state index in [0.29, 0.717) is 4.21 Å². The van der Waals surface area contributed by atoms with Crippen LogP contribution in [0.5, 0.6) is 0 Å². The Morgan fingerprint density at radius 2 is 1.76 bits per heavy atom. The van der Waals surface area contributed by atoms with Gasteiger partial charge in [-0.25, -0.2) is 9.00 Å². The molecule has 0 saturated heterocycles. The Labute approximate surface area is 132 Å². The Hall–Kier alpha value is -0.880. The first-order chi connectivity index (χ1) is 9.50. The summed E-state index contributed by atoms with van der Waals surface area (Å²) in [7, 11) is -2.80. The zero-order valence-electron chi connectivity index (χ0n) is 13.9. The molecule has 0 bridgehead atoms. The average Bonchev–Trinajstić information content (AvgIpc) is 2.79. The van der Waals surface area contributed by atoms with E-state index in [-0.39, 0.29) is 12.1 Å². The molecule has 0 aliphatic rings. The largest absolute Gasteiger partial charge is 0.352 e. The minimum absolute atomic E-state index is 0.0215. The fraction of sp³-hybridized carbons (Fsp3) is 0.667. The second-order valence-electron chi connectivity index (χ2n) is 6.54. The first-order valence-corrected chi connectivity index (χ1v) is 9.52. The molecule has 0 N–H and O–H groups in total. The van der Waals surface area contributed by atoms with E-state index >= 15 is 0 Å². The summed E-state index contributed by atoms with van der Waals surface area (Å²) in [5, 5.41) is 1.86. The van der Waals surface area contributed by atoms with Crippen molar-refractivity contribution in [2.45, 2.75) is 69.5 Å². The number of hydrogen-bond acceptors (Lipinski definition) is 3. The topological polar surface area (TPSA) is 49.7 Å². The van der Waals surface area contributed by atoms with Crippen LogP contribution in [0.1, 0.15) is 48.5 Å². The highest BCUT2D eigenvalue weighted by Gasteiger charge is 2.32. The van der Waals surface area contributed by atoms with Gasteiger partial charge in [-0.05, 0) is 59.9 Å². The lowest BCUT2D eigenvalue weighted by Gasteiger charge is -2.30. The molecule has 21 heavy (non-hydrogen) atoms. The number of carbonyl (C=O) groups excluding carboxylic acids is 1. The average molecular weight is 331 g/mol. The summed E-state index contributed by atoms with van der Waals surface area (Å²) < 4.78 is 17.7. The maximum Gasteiger partial charge on any atom is 0.352 e. The van der Waals surface area contributed by atoms with Gasteiger partial charge in [0.05, 0.1) is 14.5 Å². The van der Waals surface area contributed by atoms with Crippen molar-refractivity contribution in [1.82, 2.24) is 4.90 Å². The van der Waals surface area contributed by atoms with Crippen LogP contribution in [0.2, 0.25) is 0 Å². The van der Waals surface area contributed by atoms with Crippen molar-refractivity contribution in [1.29, 1.82) is 0 Å². The van der Waals surface area contributed by atoms with E-state index in [1.54, 1.807) is 11.0 Å². The van der Waals surface area contributed by atoms with Crippen LogP contribution in [-0.2, 0) is 9.73 Å². The molecule has 0 spiro atoms. The molecule has 4 nitrogen and oxygen atoms in total. The number of hydrogen-bond donors (Lipinski definition) is 0. The van der Waals surface area contributed by atoms with E-state index in [2.05, 4.69) is 4.36 Å². The molecule has 120 valence electrons. The summed E-state index contributed by atoms with van der Waals surface area (Å²) in [4.78, 5) is 14.2. The second kappa shape index (κ2) is 6.48. The Bertz CT molecular complexity index is 582. The number of urea groups is 1. The van der Waals surface area contributed by atoms with Crippen LogP contribution in [0.25, 0.3) is 0 Å². The summed E-state index contributed by atoms with van der Waals surface area (Å²) in [6.07, 6.45) is 0. The maximum atomic E-state index is 13.4. The monoisotopic (exact) mass is 330 g/mol. The molecule has 2 amide bonds. The highest BCUT2D eigenvalue weighted by Crippen LogP contribution is 2.31. The van der Waals surface area contributed by atoms with E-state index in [1.165, 1.54) is 11.3 Å². The molecule has 1 aromatic heterocycles. The number of carbonyl (C=O) groups is 1. The van der Waals surface area contributed by atoms with E-state index in [4.69, 9.17) is 0 Å². The van der Waals surface area contributed by atoms with Gasteiger partial charge in [0.2, 0.25) is 0 Å². The summed E-state index contributed by atoms with van der Waals surface area (Å²) in [5.41, 5.74) is 0. The van der Waals surface area contributed by atoms with Crippen molar-refractivity contribution >= 4 is 27.1 Å². The summed E-state index contributed by atoms with van der Waals surface area (Å²) >= 11 is 1.39. The predicted molar refractivity (Wildman–Crippen MR) is 90.4 cm³/mol. The van der Waals surface area contributed by atoms with Crippen molar-refractivity contribution in [2.24, 2.45) is 4.36 Å². The molecule has 1 aromatic rings. The van der Waals surface area contributed by atoms with E-state index in [0.717, 1.165) is 0 Å². The van der Waals surface area contributed by atoms with E-state index < -0.39 is 20.5 Å². The van der Waals surface area contributed by atoms with Crippen LogP contribution >= 0.6 is 11.3 Å². The molecular weight excluding hydrogens is 304 g/mol. The van der Waals surface area contributed by atoms with Crippen molar-refractivity contribution in [3.05, 3.63) is 17.5 Å². The van der Waals surface area contributed by atoms with Gasteiger partial charge in [-0.3, -0.25) is 0 Å². The van der Waals surface area contributed by atoms with Crippen molar-refractivity contribution in [3.8, 4) is 0 Å². The SMILES string of the molecule is CC(C)N(C(=O)N=[S@](=O)(c1cccs1)C(C)(C)C)C(C)C. The molecule has 1 rings (SSSR count). The van der Waals surface area contributed by atoms with E-state index in [1.807, 2.05) is 59.9 Å². The van der Waals surface area contributed by atoms with Crippen LogP contribution < -0.4 is 0 Å². The molecule has 0 aromatic carbocycles. The number of nitrogens with zero attached hydrogens (tertiary/aromatic N) is 2. The van der Waals surface area contributed by atoms with Gasteiger partial charge in [0.25, 0.3) is 0 Å². The van der Waals surface area contributed by atoms with Gasteiger partial charge in [0.15, 0.2) is 0 Å². The van der Waals surface area contributed by atoms with Crippen molar-refractivity contribution in [2.75, 3.05) is 0 Å². The van der Waals surface area contributed by atoms with Crippen LogP contribution in [0.15, 0.2) is 26.1 Å². The molecule has 1 atom stereocenters. The Kier molecular flexibility index (Phi) is 5.61. The Morgan fingerprint density at radius 1 is 1.24 bits per heavy atom. The summed E-state index contributed by atoms with van der Waals surface area (Å²) in [6.45, 7) is 13.4. The number of rotatable bonds is 3. The molecule has 0 unspecified atom stereocenters. The third-order valence-electron chi connectivity index (χ3n) is 3.14. The van der Waals surface area contributed by atoms with Gasteiger partial charge in [-0.15, -0.1) is 15.7 Å². The Balaban J connectivity index is 3.42. The molecule has 0 saturated carbocycles. The molecule has 0 fully saturated rings. The second-order valence-corrected chi connectivity index (χ2v) is 10.6. The highest BCUT2D eigenvalue weighted by molar-refractivity contribution is 7.97. The third kappa shape index (κ3) is 3.86. The van der Waals surface area contributed by atoms with Gasteiger partial charge in [-0.2, -0.15) is 0 Å². The maximum absolute atomic E-state index is 13.4. The minimum Gasteiger partial charge on any atom is -0.318 e. The zero-order valence-corrected chi connectivity index (χ0v) is 15.5. The van der Waals surface area contributed by atoms with Crippen LogP contribution in [0.3, 0.4) is 0 Å². The van der Waals surface area contributed by atoms with Gasteiger partial charge in [-0.1, -0.05) is 6.07 Å². The minimum atomic E-state index is -2.80. The Morgan fingerprint density at radius 3 is 2.10 bits per heavy atom. The first kappa shape index (κ1) is 18.2. The normalized spacial score (nSPS) is 15.1.